The number of nitrogens with zero attached hydrogens (tertiary/aromatic N) is 1. The molecule has 0 radical (unpaired) electrons. The molecule has 1 aromatic carbocycles. The van der Waals surface area contributed by atoms with Crippen LogP contribution in [0.5, 0.6) is 0 Å². The minimum Gasteiger partial charge on any atom is -0.354 e. The highest BCUT2D eigenvalue weighted by atomic mass is 16.2. The average molecular weight is 297 g/mol. The monoisotopic (exact) mass is 297 g/mol. The number of carbonyl (C=O) groups excluding carboxylic acids is 1. The van der Waals surface area contributed by atoms with Crippen molar-refractivity contribution in [3.8, 4) is 0 Å². The third kappa shape index (κ3) is 2.11. The zero-order chi connectivity index (χ0) is 15.2. The average Bonchev–Trinajstić information content (AvgIpc) is 3.11. The molecule has 1 aromatic heterocycles. The molecule has 2 fully saturated rings. The lowest BCUT2D eigenvalue weighted by Gasteiger charge is -2.38. The maximum atomic E-state index is 12.7. The molecule has 6 heteroatoms. The number of para-hydroxylation sites is 1. The van der Waals surface area contributed by atoms with Gasteiger partial charge in [-0.05, 0) is 25.0 Å². The molecule has 4 rings (SSSR count). The Hall–Kier alpha value is -2.50. The van der Waals surface area contributed by atoms with Gasteiger partial charge in [-0.15, -0.1) is 0 Å². The van der Waals surface area contributed by atoms with Gasteiger partial charge in [-0.2, -0.15) is 0 Å². The molecule has 0 saturated carbocycles. The number of amides is 1. The molecule has 4 N–H and O–H groups in total. The number of rotatable bonds is 1. The molecule has 0 unspecified atom stereocenters. The number of nitrogens with one attached hydrogen (secondary N) is 4. The summed E-state index contributed by atoms with van der Waals surface area (Å²) in [7, 11) is 0. The summed E-state index contributed by atoms with van der Waals surface area (Å²) in [6.07, 6.45) is 1.74. The molecular weight excluding hydrogens is 278 g/mol. The van der Waals surface area contributed by atoms with Crippen LogP contribution in [0.25, 0.3) is 10.9 Å². The number of carbonyl (C=O) groups is 1. The van der Waals surface area contributed by atoms with Crippen LogP contribution in [0.15, 0.2) is 30.3 Å². The first-order valence-corrected chi connectivity index (χ1v) is 7.63. The smallest absolute Gasteiger partial charge is 0.270 e. The van der Waals surface area contributed by atoms with Crippen molar-refractivity contribution in [2.75, 3.05) is 19.6 Å². The summed E-state index contributed by atoms with van der Waals surface area (Å²) in [5, 5.41) is 15.0. The zero-order valence-corrected chi connectivity index (χ0v) is 12.3. The van der Waals surface area contributed by atoms with Crippen molar-refractivity contribution >= 4 is 22.8 Å². The Morgan fingerprint density at radius 1 is 1.23 bits per heavy atom. The number of benzene rings is 1. The molecule has 22 heavy (non-hydrogen) atoms. The lowest BCUT2D eigenvalue weighted by atomic mass is 9.88. The number of hydrogen-bond acceptors (Lipinski definition) is 2. The molecule has 2 aromatic rings. The normalized spacial score (nSPS) is 20.2. The van der Waals surface area contributed by atoms with Gasteiger partial charge >= 0.3 is 0 Å². The number of guanidine groups is 1. The minimum absolute atomic E-state index is 0.0473. The molecule has 114 valence electrons. The van der Waals surface area contributed by atoms with Gasteiger partial charge in [-0.3, -0.25) is 10.2 Å². The minimum atomic E-state index is -0.0473. The Morgan fingerprint density at radius 2 is 2.00 bits per heavy atom. The van der Waals surface area contributed by atoms with Crippen molar-refractivity contribution in [2.24, 2.45) is 0 Å². The van der Waals surface area contributed by atoms with Crippen molar-refractivity contribution in [3.63, 3.8) is 0 Å². The van der Waals surface area contributed by atoms with Crippen molar-refractivity contribution in [1.29, 1.82) is 5.41 Å². The largest absolute Gasteiger partial charge is 0.354 e. The van der Waals surface area contributed by atoms with Crippen molar-refractivity contribution in [1.82, 2.24) is 20.5 Å². The van der Waals surface area contributed by atoms with Crippen LogP contribution in [0, 0.1) is 5.41 Å². The number of piperidine rings is 1. The van der Waals surface area contributed by atoms with E-state index in [1.54, 1.807) is 0 Å². The maximum absolute atomic E-state index is 12.7. The van der Waals surface area contributed by atoms with Gasteiger partial charge in [-0.1, -0.05) is 18.2 Å². The Balaban J connectivity index is 1.49. The van der Waals surface area contributed by atoms with Gasteiger partial charge in [0.05, 0.1) is 5.54 Å². The lowest BCUT2D eigenvalue weighted by molar-refractivity contribution is 0.0664. The van der Waals surface area contributed by atoms with Crippen LogP contribution in [-0.4, -0.2) is 46.9 Å². The molecule has 2 aliphatic heterocycles. The standard InChI is InChI=1S/C16H19N5O/c17-15-18-10-16(20-15)5-7-21(8-6-16)14(22)13-9-11-3-1-2-4-12(11)19-13/h1-4,9,19H,5-8,10H2,(H3,17,18,20). The van der Waals surface area contributed by atoms with Crippen LogP contribution < -0.4 is 10.6 Å². The van der Waals surface area contributed by atoms with Crippen LogP contribution in [0.2, 0.25) is 0 Å². The maximum Gasteiger partial charge on any atom is 0.270 e. The van der Waals surface area contributed by atoms with E-state index in [9.17, 15) is 4.79 Å². The highest BCUT2D eigenvalue weighted by Gasteiger charge is 2.40. The SMILES string of the molecule is N=C1NCC2(CCN(C(=O)c3cc4ccccc4[nH]3)CC2)N1. The second kappa shape index (κ2) is 4.76. The molecule has 1 spiro atoms. The van der Waals surface area contributed by atoms with E-state index in [4.69, 9.17) is 5.41 Å². The van der Waals surface area contributed by atoms with Gasteiger partial charge in [-0.25, -0.2) is 0 Å². The number of H-pyrrole nitrogens is 1. The fourth-order valence-corrected chi connectivity index (χ4v) is 3.41. The topological polar surface area (TPSA) is 84.0 Å². The van der Waals surface area contributed by atoms with Gasteiger partial charge in [0, 0.05) is 30.5 Å². The third-order valence-electron chi connectivity index (χ3n) is 4.76. The summed E-state index contributed by atoms with van der Waals surface area (Å²) < 4.78 is 0. The van der Waals surface area contributed by atoms with E-state index in [0.29, 0.717) is 11.7 Å². The summed E-state index contributed by atoms with van der Waals surface area (Å²) in [4.78, 5) is 17.8. The van der Waals surface area contributed by atoms with E-state index in [-0.39, 0.29) is 11.4 Å². The lowest BCUT2D eigenvalue weighted by Crippen LogP contribution is -2.53. The van der Waals surface area contributed by atoms with Crippen molar-refractivity contribution in [3.05, 3.63) is 36.0 Å². The second-order valence-corrected chi connectivity index (χ2v) is 6.20. The highest BCUT2D eigenvalue weighted by Crippen LogP contribution is 2.25. The Labute approximate surface area is 128 Å². The number of hydrogen-bond donors (Lipinski definition) is 4. The Kier molecular flexibility index (Phi) is 2.85. The highest BCUT2D eigenvalue weighted by molar-refractivity contribution is 5.98. The molecule has 0 bridgehead atoms. The van der Waals surface area contributed by atoms with Crippen molar-refractivity contribution < 1.29 is 4.79 Å². The van der Waals surface area contributed by atoms with Gasteiger partial charge in [0.25, 0.3) is 5.91 Å². The van der Waals surface area contributed by atoms with Crippen LogP contribution >= 0.6 is 0 Å². The number of aromatic nitrogens is 1. The molecule has 2 aliphatic rings. The summed E-state index contributed by atoms with van der Waals surface area (Å²) in [6.45, 7) is 2.21. The molecule has 2 saturated heterocycles. The third-order valence-corrected chi connectivity index (χ3v) is 4.76. The predicted molar refractivity (Wildman–Crippen MR) is 85.0 cm³/mol. The van der Waals surface area contributed by atoms with E-state index in [2.05, 4.69) is 15.6 Å². The molecule has 3 heterocycles. The van der Waals surface area contributed by atoms with Gasteiger partial charge in [0.15, 0.2) is 5.96 Å². The van der Waals surface area contributed by atoms with E-state index < -0.39 is 0 Å². The predicted octanol–water partition coefficient (Wildman–Crippen LogP) is 1.27. The van der Waals surface area contributed by atoms with Crippen LogP contribution in [0.4, 0.5) is 0 Å². The summed E-state index contributed by atoms with van der Waals surface area (Å²) in [5.74, 6) is 0.461. The molecule has 0 atom stereocenters. The van der Waals surface area contributed by atoms with Crippen LogP contribution in [0.1, 0.15) is 23.3 Å². The fourth-order valence-electron chi connectivity index (χ4n) is 3.41. The molecule has 6 nitrogen and oxygen atoms in total. The van der Waals surface area contributed by atoms with Gasteiger partial charge in [0.2, 0.25) is 0 Å². The first-order valence-electron chi connectivity index (χ1n) is 7.63. The molecule has 1 amide bonds. The number of aromatic amines is 1. The number of likely N-dealkylation sites (tertiary alicyclic amines) is 1. The summed E-state index contributed by atoms with van der Waals surface area (Å²) in [6, 6.07) is 9.85. The van der Waals surface area contributed by atoms with E-state index in [1.807, 2.05) is 35.2 Å². The van der Waals surface area contributed by atoms with E-state index in [1.165, 1.54) is 0 Å². The summed E-state index contributed by atoms with van der Waals surface area (Å²) >= 11 is 0. The Morgan fingerprint density at radius 3 is 2.68 bits per heavy atom. The van der Waals surface area contributed by atoms with Crippen LogP contribution in [-0.2, 0) is 0 Å². The molecular formula is C16H19N5O. The van der Waals surface area contributed by atoms with E-state index in [0.717, 1.165) is 43.4 Å². The van der Waals surface area contributed by atoms with Gasteiger partial charge < -0.3 is 20.5 Å². The summed E-state index contributed by atoms with van der Waals surface area (Å²) in [5.41, 5.74) is 1.60. The number of fused-ring (bicyclic) bond motifs is 1. The molecule has 0 aliphatic carbocycles. The van der Waals surface area contributed by atoms with Crippen molar-refractivity contribution in [2.45, 2.75) is 18.4 Å². The Bertz CT molecular complexity index is 709. The second-order valence-electron chi connectivity index (χ2n) is 6.20. The van der Waals surface area contributed by atoms with Crippen LogP contribution in [0.3, 0.4) is 0 Å². The quantitative estimate of drug-likeness (QED) is 0.639. The first-order chi connectivity index (χ1) is 10.7. The van der Waals surface area contributed by atoms with E-state index >= 15 is 0 Å². The fraction of sp³-hybridized carbons (Fsp3) is 0.375. The van der Waals surface area contributed by atoms with Gasteiger partial charge in [0.1, 0.15) is 5.69 Å². The zero-order valence-electron chi connectivity index (χ0n) is 12.3. The first kappa shape index (κ1) is 13.2.